The lowest BCUT2D eigenvalue weighted by Crippen LogP contribution is -2.27. The Morgan fingerprint density at radius 2 is 1.78 bits per heavy atom. The van der Waals surface area contributed by atoms with Crippen LogP contribution in [0.4, 0.5) is 0 Å². The molecule has 23 heavy (non-hydrogen) atoms. The average molecular weight is 372 g/mol. The van der Waals surface area contributed by atoms with Gasteiger partial charge in [-0.15, -0.1) is 0 Å². The number of nitrogens with one attached hydrogen (secondary N) is 1. The first-order valence-electron chi connectivity index (χ1n) is 7.79. The lowest BCUT2D eigenvalue weighted by atomic mass is 10.1. The van der Waals surface area contributed by atoms with Crippen molar-refractivity contribution in [2.75, 3.05) is 0 Å². The predicted molar refractivity (Wildman–Crippen MR) is 93.4 cm³/mol. The van der Waals surface area contributed by atoms with E-state index in [1.165, 1.54) is 11.1 Å². The van der Waals surface area contributed by atoms with Crippen molar-refractivity contribution in [1.29, 1.82) is 0 Å². The van der Waals surface area contributed by atoms with E-state index in [1.807, 2.05) is 24.3 Å². The zero-order chi connectivity index (χ0) is 16.2. The zero-order valence-corrected chi connectivity index (χ0v) is 14.3. The number of carbonyl (C=O) groups excluding carboxylic acids is 2. The minimum atomic E-state index is -0.0582. The maximum Gasteiger partial charge on any atom is 0.220 e. The van der Waals surface area contributed by atoms with Gasteiger partial charge in [0.1, 0.15) is 0 Å². The van der Waals surface area contributed by atoms with Crippen LogP contribution in [0.25, 0.3) is 0 Å². The first-order valence-corrected chi connectivity index (χ1v) is 8.59. The number of amides is 1. The summed E-state index contributed by atoms with van der Waals surface area (Å²) in [6, 6.07) is 15.5. The molecule has 3 nitrogen and oxygen atoms in total. The lowest BCUT2D eigenvalue weighted by Gasteiger charge is -2.14. The number of hydrogen-bond acceptors (Lipinski definition) is 2. The van der Waals surface area contributed by atoms with Crippen molar-refractivity contribution in [3.63, 3.8) is 0 Å². The molecular formula is C19H18BrNO2. The number of ketones is 1. The van der Waals surface area contributed by atoms with Crippen molar-refractivity contribution >= 4 is 27.6 Å². The van der Waals surface area contributed by atoms with Crippen molar-refractivity contribution in [3.05, 3.63) is 69.7 Å². The molecule has 0 saturated heterocycles. The minimum absolute atomic E-state index is 0.000489. The normalized spacial score (nSPS) is 16.0. The molecule has 0 aromatic heterocycles. The van der Waals surface area contributed by atoms with Crippen LogP contribution >= 0.6 is 15.9 Å². The summed E-state index contributed by atoms with van der Waals surface area (Å²) in [5.74, 6) is -0.0587. The first-order chi connectivity index (χ1) is 11.1. The Morgan fingerprint density at radius 3 is 2.57 bits per heavy atom. The smallest absolute Gasteiger partial charge is 0.220 e. The summed E-state index contributed by atoms with van der Waals surface area (Å²) in [5.41, 5.74) is 3.16. The van der Waals surface area contributed by atoms with Gasteiger partial charge in [-0.25, -0.2) is 0 Å². The molecule has 2 aromatic carbocycles. The van der Waals surface area contributed by atoms with Gasteiger partial charge >= 0.3 is 0 Å². The highest BCUT2D eigenvalue weighted by Gasteiger charge is 2.23. The van der Waals surface area contributed by atoms with Gasteiger partial charge in [-0.3, -0.25) is 9.59 Å². The average Bonchev–Trinajstić information content (AvgIpc) is 2.96. The van der Waals surface area contributed by atoms with Crippen molar-refractivity contribution in [2.45, 2.75) is 31.7 Å². The SMILES string of the molecule is O=C(CCC(=O)c1ccc(Br)cc1)N[C@@H]1CCc2ccccc21. The zero-order valence-electron chi connectivity index (χ0n) is 12.7. The van der Waals surface area contributed by atoms with Crippen molar-refractivity contribution < 1.29 is 9.59 Å². The van der Waals surface area contributed by atoms with Crippen LogP contribution in [0.1, 0.15) is 46.8 Å². The van der Waals surface area contributed by atoms with Gasteiger partial charge in [-0.05, 0) is 36.1 Å². The minimum Gasteiger partial charge on any atom is -0.349 e. The van der Waals surface area contributed by atoms with E-state index in [0.29, 0.717) is 5.56 Å². The molecule has 0 radical (unpaired) electrons. The molecule has 1 atom stereocenters. The number of carbonyl (C=O) groups is 2. The molecule has 1 aliphatic carbocycles. The molecule has 0 aliphatic heterocycles. The predicted octanol–water partition coefficient (Wildman–Crippen LogP) is 4.22. The third-order valence-electron chi connectivity index (χ3n) is 4.21. The van der Waals surface area contributed by atoms with Crippen LogP contribution < -0.4 is 5.32 Å². The third kappa shape index (κ3) is 3.88. The summed E-state index contributed by atoms with van der Waals surface area (Å²) in [7, 11) is 0. The second-order valence-corrected chi connectivity index (χ2v) is 6.70. The van der Waals surface area contributed by atoms with E-state index in [2.05, 4.69) is 33.4 Å². The van der Waals surface area contributed by atoms with Crippen LogP contribution in [0.3, 0.4) is 0 Å². The fourth-order valence-electron chi connectivity index (χ4n) is 2.98. The molecule has 0 saturated carbocycles. The van der Waals surface area contributed by atoms with Crippen molar-refractivity contribution in [3.8, 4) is 0 Å². The molecular weight excluding hydrogens is 354 g/mol. The molecule has 0 spiro atoms. The van der Waals surface area contributed by atoms with Crippen LogP contribution in [0.2, 0.25) is 0 Å². The van der Waals surface area contributed by atoms with Gasteiger partial charge in [0, 0.05) is 22.9 Å². The van der Waals surface area contributed by atoms with Gasteiger partial charge in [-0.2, -0.15) is 0 Å². The molecule has 118 valence electrons. The highest BCUT2D eigenvalue weighted by Crippen LogP contribution is 2.30. The van der Waals surface area contributed by atoms with E-state index in [0.717, 1.165) is 17.3 Å². The summed E-state index contributed by atoms with van der Waals surface area (Å²) in [5, 5.41) is 3.05. The molecule has 1 amide bonds. The van der Waals surface area contributed by atoms with Gasteiger partial charge < -0.3 is 5.32 Å². The molecule has 0 bridgehead atoms. The maximum atomic E-state index is 12.1. The Labute approximate surface area is 144 Å². The summed E-state index contributed by atoms with van der Waals surface area (Å²) in [6.45, 7) is 0. The van der Waals surface area contributed by atoms with Gasteiger partial charge in [-0.1, -0.05) is 52.3 Å². The van der Waals surface area contributed by atoms with E-state index < -0.39 is 0 Å². The molecule has 3 rings (SSSR count). The van der Waals surface area contributed by atoms with Crippen LogP contribution in [-0.2, 0) is 11.2 Å². The summed E-state index contributed by atoms with van der Waals surface area (Å²) in [4.78, 5) is 24.2. The highest BCUT2D eigenvalue weighted by atomic mass is 79.9. The Balaban J connectivity index is 1.52. The summed E-state index contributed by atoms with van der Waals surface area (Å²) >= 11 is 3.34. The highest BCUT2D eigenvalue weighted by molar-refractivity contribution is 9.10. The molecule has 0 unspecified atom stereocenters. The Hall–Kier alpha value is -1.94. The van der Waals surface area contributed by atoms with E-state index in [-0.39, 0.29) is 30.6 Å². The van der Waals surface area contributed by atoms with E-state index in [9.17, 15) is 9.59 Å². The summed E-state index contributed by atoms with van der Waals surface area (Å²) in [6.07, 6.45) is 2.40. The number of halogens is 1. The van der Waals surface area contributed by atoms with Crippen molar-refractivity contribution in [2.24, 2.45) is 0 Å². The fourth-order valence-corrected chi connectivity index (χ4v) is 3.25. The standard InChI is InChI=1S/C19H18BrNO2/c20-15-8-5-14(6-9-15)18(22)11-12-19(23)21-17-10-7-13-3-1-2-4-16(13)17/h1-6,8-9,17H,7,10-12H2,(H,21,23)/t17-/m1/s1. The second-order valence-electron chi connectivity index (χ2n) is 5.79. The van der Waals surface area contributed by atoms with Crippen LogP contribution in [0.5, 0.6) is 0 Å². The number of rotatable bonds is 5. The topological polar surface area (TPSA) is 46.2 Å². The van der Waals surface area contributed by atoms with Gasteiger partial charge in [0.15, 0.2) is 5.78 Å². The second kappa shape index (κ2) is 7.09. The third-order valence-corrected chi connectivity index (χ3v) is 4.74. The number of hydrogen-bond donors (Lipinski definition) is 1. The largest absolute Gasteiger partial charge is 0.349 e. The number of aryl methyl sites for hydroxylation is 1. The van der Waals surface area contributed by atoms with Crippen LogP contribution in [0.15, 0.2) is 53.0 Å². The number of benzene rings is 2. The quantitative estimate of drug-likeness (QED) is 0.799. The maximum absolute atomic E-state index is 12.1. The molecule has 0 fully saturated rings. The van der Waals surface area contributed by atoms with Gasteiger partial charge in [0.25, 0.3) is 0 Å². The summed E-state index contributed by atoms with van der Waals surface area (Å²) < 4.78 is 0.937. The Morgan fingerprint density at radius 1 is 1.04 bits per heavy atom. The van der Waals surface area contributed by atoms with Gasteiger partial charge in [0.05, 0.1) is 6.04 Å². The Kier molecular flexibility index (Phi) is 4.91. The Bertz CT molecular complexity index is 724. The van der Waals surface area contributed by atoms with E-state index in [4.69, 9.17) is 0 Å². The van der Waals surface area contributed by atoms with Crippen LogP contribution in [0, 0.1) is 0 Å². The van der Waals surface area contributed by atoms with Crippen LogP contribution in [-0.4, -0.2) is 11.7 Å². The number of fused-ring (bicyclic) bond motifs is 1. The van der Waals surface area contributed by atoms with E-state index >= 15 is 0 Å². The first kappa shape index (κ1) is 15.9. The molecule has 2 aromatic rings. The lowest BCUT2D eigenvalue weighted by molar-refractivity contribution is -0.121. The van der Waals surface area contributed by atoms with Crippen molar-refractivity contribution in [1.82, 2.24) is 5.32 Å². The molecule has 1 aliphatic rings. The monoisotopic (exact) mass is 371 g/mol. The number of Topliss-reactive ketones (excluding diaryl/α,β-unsaturated/α-hetero) is 1. The molecule has 0 heterocycles. The molecule has 4 heteroatoms. The van der Waals surface area contributed by atoms with Gasteiger partial charge in [0.2, 0.25) is 5.91 Å². The van der Waals surface area contributed by atoms with E-state index in [1.54, 1.807) is 12.1 Å². The molecule has 1 N–H and O–H groups in total. The fraction of sp³-hybridized carbons (Fsp3) is 0.263.